The molecule has 21 heavy (non-hydrogen) atoms. The van der Waals surface area contributed by atoms with Gasteiger partial charge in [-0.1, -0.05) is 12.1 Å². The van der Waals surface area contributed by atoms with E-state index in [0.717, 1.165) is 19.4 Å². The van der Waals surface area contributed by atoms with Gasteiger partial charge in [0, 0.05) is 6.61 Å². The fraction of sp³-hybridized carbons (Fsp3) is 0.312. The number of hydrogen-bond acceptors (Lipinski definition) is 4. The highest BCUT2D eigenvalue weighted by atomic mass is 16.5. The van der Waals surface area contributed by atoms with Gasteiger partial charge in [-0.2, -0.15) is 0 Å². The van der Waals surface area contributed by atoms with Crippen LogP contribution in [-0.2, 0) is 4.74 Å². The highest BCUT2D eigenvalue weighted by molar-refractivity contribution is 6.04. The van der Waals surface area contributed by atoms with Crippen LogP contribution in [-0.4, -0.2) is 25.2 Å². The topological polar surface area (TPSA) is 60.7 Å². The molecule has 1 aromatic heterocycles. The van der Waals surface area contributed by atoms with E-state index in [0.29, 0.717) is 23.6 Å². The van der Waals surface area contributed by atoms with Gasteiger partial charge in [0.15, 0.2) is 0 Å². The van der Waals surface area contributed by atoms with E-state index in [-0.39, 0.29) is 12.0 Å². The number of furan rings is 1. The zero-order chi connectivity index (χ0) is 14.5. The number of benzene rings is 1. The van der Waals surface area contributed by atoms with E-state index in [1.165, 1.54) is 12.5 Å². The van der Waals surface area contributed by atoms with Crippen molar-refractivity contribution < 1.29 is 18.7 Å². The largest absolute Gasteiger partial charge is 0.489 e. The molecule has 1 unspecified atom stereocenters. The Kier molecular flexibility index (Phi) is 4.21. The first-order chi connectivity index (χ1) is 10.3. The summed E-state index contributed by atoms with van der Waals surface area (Å²) in [5, 5.41) is 2.82. The van der Waals surface area contributed by atoms with Crippen molar-refractivity contribution in [2.24, 2.45) is 0 Å². The Morgan fingerprint density at radius 1 is 1.33 bits per heavy atom. The number of amides is 1. The predicted octanol–water partition coefficient (Wildman–Crippen LogP) is 3.09. The molecule has 1 aromatic carbocycles. The molecule has 1 saturated heterocycles. The minimum atomic E-state index is -0.225. The fourth-order valence-corrected chi connectivity index (χ4v) is 2.24. The third-order valence-electron chi connectivity index (χ3n) is 3.37. The zero-order valence-electron chi connectivity index (χ0n) is 11.6. The van der Waals surface area contributed by atoms with E-state index in [2.05, 4.69) is 5.32 Å². The summed E-state index contributed by atoms with van der Waals surface area (Å²) >= 11 is 0. The van der Waals surface area contributed by atoms with Crippen molar-refractivity contribution in [3.05, 3.63) is 48.4 Å². The van der Waals surface area contributed by atoms with Crippen molar-refractivity contribution in [1.82, 2.24) is 0 Å². The van der Waals surface area contributed by atoms with Crippen molar-refractivity contribution in [1.29, 1.82) is 0 Å². The molecular weight excluding hydrogens is 270 g/mol. The highest BCUT2D eigenvalue weighted by Gasteiger charge is 2.17. The number of hydrogen-bond donors (Lipinski definition) is 1. The maximum Gasteiger partial charge on any atom is 0.259 e. The molecule has 1 aliphatic heterocycles. The van der Waals surface area contributed by atoms with Gasteiger partial charge >= 0.3 is 0 Å². The van der Waals surface area contributed by atoms with Crippen LogP contribution in [0, 0.1) is 0 Å². The van der Waals surface area contributed by atoms with Crippen LogP contribution in [0.4, 0.5) is 5.69 Å². The first-order valence-electron chi connectivity index (χ1n) is 7.00. The summed E-state index contributed by atoms with van der Waals surface area (Å²) in [5.41, 5.74) is 1.12. The van der Waals surface area contributed by atoms with Gasteiger partial charge in [0.25, 0.3) is 5.91 Å². The van der Waals surface area contributed by atoms with Gasteiger partial charge in [0.05, 0.1) is 23.6 Å². The predicted molar refractivity (Wildman–Crippen MR) is 77.6 cm³/mol. The third kappa shape index (κ3) is 3.44. The molecule has 1 amide bonds. The first kappa shape index (κ1) is 13.7. The minimum Gasteiger partial charge on any atom is -0.489 e. The maximum absolute atomic E-state index is 12.0. The van der Waals surface area contributed by atoms with Gasteiger partial charge in [0.1, 0.15) is 18.6 Å². The van der Waals surface area contributed by atoms with Crippen LogP contribution < -0.4 is 10.1 Å². The standard InChI is InChI=1S/C16H17NO4/c18-16(12-7-9-19-10-12)17-14-5-1-2-6-15(14)21-11-13-4-3-8-20-13/h1-2,5-7,9-10,13H,3-4,8,11H2,(H,17,18). The Morgan fingerprint density at radius 2 is 2.24 bits per heavy atom. The third-order valence-corrected chi connectivity index (χ3v) is 3.37. The second-order valence-corrected chi connectivity index (χ2v) is 4.91. The quantitative estimate of drug-likeness (QED) is 0.918. The Hall–Kier alpha value is -2.27. The van der Waals surface area contributed by atoms with Crippen LogP contribution in [0.25, 0.3) is 0 Å². The lowest BCUT2D eigenvalue weighted by molar-refractivity contribution is 0.0682. The van der Waals surface area contributed by atoms with E-state index in [1.807, 2.05) is 24.3 Å². The molecule has 0 aliphatic carbocycles. The molecule has 0 spiro atoms. The first-order valence-corrected chi connectivity index (χ1v) is 7.00. The summed E-state index contributed by atoms with van der Waals surface area (Å²) < 4.78 is 16.2. The fourth-order valence-electron chi connectivity index (χ4n) is 2.24. The summed E-state index contributed by atoms with van der Waals surface area (Å²) in [6.45, 7) is 1.30. The molecule has 110 valence electrons. The van der Waals surface area contributed by atoms with E-state index in [9.17, 15) is 4.79 Å². The van der Waals surface area contributed by atoms with Crippen molar-refractivity contribution >= 4 is 11.6 Å². The Labute approximate surface area is 122 Å². The van der Waals surface area contributed by atoms with Gasteiger partial charge in [-0.25, -0.2) is 0 Å². The van der Waals surface area contributed by atoms with Crippen LogP contribution in [0.2, 0.25) is 0 Å². The van der Waals surface area contributed by atoms with Gasteiger partial charge in [0.2, 0.25) is 0 Å². The number of nitrogens with one attached hydrogen (secondary N) is 1. The van der Waals surface area contributed by atoms with Crippen LogP contribution >= 0.6 is 0 Å². The van der Waals surface area contributed by atoms with E-state index >= 15 is 0 Å². The molecule has 5 nitrogen and oxygen atoms in total. The molecule has 0 bridgehead atoms. The molecule has 5 heteroatoms. The normalized spacial score (nSPS) is 17.6. The average molecular weight is 287 g/mol. The average Bonchev–Trinajstić information content (AvgIpc) is 3.20. The van der Waals surface area contributed by atoms with Crippen molar-refractivity contribution in [3.8, 4) is 5.75 Å². The highest BCUT2D eigenvalue weighted by Crippen LogP contribution is 2.25. The summed E-state index contributed by atoms with van der Waals surface area (Å²) in [6, 6.07) is 8.98. The zero-order valence-corrected chi connectivity index (χ0v) is 11.6. The lowest BCUT2D eigenvalue weighted by atomic mass is 10.2. The molecule has 1 aliphatic rings. The number of carbonyl (C=O) groups is 1. The lowest BCUT2D eigenvalue weighted by Crippen LogP contribution is -2.18. The lowest BCUT2D eigenvalue weighted by Gasteiger charge is -2.14. The maximum atomic E-state index is 12.0. The monoisotopic (exact) mass is 287 g/mol. The van der Waals surface area contributed by atoms with E-state index in [1.54, 1.807) is 6.07 Å². The van der Waals surface area contributed by atoms with Crippen LogP contribution in [0.15, 0.2) is 47.3 Å². The Balaban J connectivity index is 1.65. The molecule has 1 fully saturated rings. The van der Waals surface area contributed by atoms with E-state index < -0.39 is 0 Å². The number of anilines is 1. The van der Waals surface area contributed by atoms with Gasteiger partial charge < -0.3 is 19.2 Å². The second kappa shape index (κ2) is 6.45. The van der Waals surface area contributed by atoms with E-state index in [4.69, 9.17) is 13.9 Å². The molecule has 2 heterocycles. The number of rotatable bonds is 5. The van der Waals surface area contributed by atoms with Gasteiger partial charge in [-0.15, -0.1) is 0 Å². The molecular formula is C16H17NO4. The molecule has 1 atom stereocenters. The smallest absolute Gasteiger partial charge is 0.259 e. The molecule has 3 rings (SSSR count). The minimum absolute atomic E-state index is 0.141. The molecule has 0 radical (unpaired) electrons. The summed E-state index contributed by atoms with van der Waals surface area (Å²) in [7, 11) is 0. The van der Waals surface area contributed by atoms with Gasteiger partial charge in [-0.05, 0) is 31.0 Å². The SMILES string of the molecule is O=C(Nc1ccccc1OCC1CCCO1)c1ccoc1. The van der Waals surface area contributed by atoms with Gasteiger partial charge in [-0.3, -0.25) is 4.79 Å². The van der Waals surface area contributed by atoms with Crippen LogP contribution in [0.1, 0.15) is 23.2 Å². The molecule has 2 aromatic rings. The van der Waals surface area contributed by atoms with Crippen molar-refractivity contribution in [2.45, 2.75) is 18.9 Å². The summed E-state index contributed by atoms with van der Waals surface area (Å²) in [4.78, 5) is 12.0. The summed E-state index contributed by atoms with van der Waals surface area (Å²) in [5.74, 6) is 0.418. The number of carbonyl (C=O) groups excluding carboxylic acids is 1. The Bertz CT molecular complexity index is 588. The van der Waals surface area contributed by atoms with Crippen molar-refractivity contribution in [2.75, 3.05) is 18.5 Å². The number of para-hydroxylation sites is 2. The Morgan fingerprint density at radius 3 is 3.00 bits per heavy atom. The molecule has 0 saturated carbocycles. The summed E-state index contributed by atoms with van der Waals surface area (Å²) in [6.07, 6.45) is 5.11. The van der Waals surface area contributed by atoms with Crippen LogP contribution in [0.3, 0.4) is 0 Å². The second-order valence-electron chi connectivity index (χ2n) is 4.91. The van der Waals surface area contributed by atoms with Crippen LogP contribution in [0.5, 0.6) is 5.75 Å². The number of ether oxygens (including phenoxy) is 2. The molecule has 1 N–H and O–H groups in total. The van der Waals surface area contributed by atoms with Crippen molar-refractivity contribution in [3.63, 3.8) is 0 Å².